The van der Waals surface area contributed by atoms with Gasteiger partial charge < -0.3 is 19.3 Å². The van der Waals surface area contributed by atoms with Crippen molar-refractivity contribution < 1.29 is 27.4 Å². The summed E-state index contributed by atoms with van der Waals surface area (Å²) in [6, 6.07) is 0.0860. The van der Waals surface area contributed by atoms with Gasteiger partial charge in [-0.25, -0.2) is 15.1 Å². The molecule has 2 aromatic heterocycles. The molecule has 4 rings (SSSR count). The molecule has 2 fully saturated rings. The van der Waals surface area contributed by atoms with Gasteiger partial charge in [-0.3, -0.25) is 9.59 Å². The maximum Gasteiger partial charge on any atom is 0.425 e. The number of hydrogen-bond donors (Lipinski definition) is 1. The van der Waals surface area contributed by atoms with E-state index in [1.165, 1.54) is 6.92 Å². The molecular formula is C22H27F3N6O4. The number of carbonyl (C=O) groups is 1. The number of nitrogens with zero attached hydrogens (tertiary/aromatic N) is 5. The molecule has 4 heterocycles. The van der Waals surface area contributed by atoms with Gasteiger partial charge in [0.1, 0.15) is 12.2 Å². The SMILES string of the molecule is Cc1cnc(N2CCC(N3CC[C@@H](OC[C@H](C)Oc4cn[nH]c(=O)c4C(F)(F)F)C3=O)CC2)nc1. The van der Waals surface area contributed by atoms with Crippen molar-refractivity contribution in [2.45, 2.75) is 57.5 Å². The van der Waals surface area contributed by atoms with Crippen molar-refractivity contribution in [2.24, 2.45) is 0 Å². The fourth-order valence-corrected chi connectivity index (χ4v) is 4.36. The third-order valence-corrected chi connectivity index (χ3v) is 6.11. The van der Waals surface area contributed by atoms with Gasteiger partial charge >= 0.3 is 6.18 Å². The average molecular weight is 496 g/mol. The third kappa shape index (κ3) is 5.72. The molecule has 13 heteroatoms. The summed E-state index contributed by atoms with van der Waals surface area (Å²) >= 11 is 0. The van der Waals surface area contributed by atoms with Crippen LogP contribution in [0.5, 0.6) is 5.75 Å². The molecule has 1 amide bonds. The van der Waals surface area contributed by atoms with Gasteiger partial charge in [0, 0.05) is 44.5 Å². The number of alkyl halides is 3. The Balaban J connectivity index is 1.27. The van der Waals surface area contributed by atoms with Crippen LogP contribution in [0.4, 0.5) is 19.1 Å². The molecule has 0 saturated carbocycles. The first-order valence-electron chi connectivity index (χ1n) is 11.4. The van der Waals surface area contributed by atoms with Crippen LogP contribution in [0.25, 0.3) is 0 Å². The van der Waals surface area contributed by atoms with Crippen LogP contribution in [0.3, 0.4) is 0 Å². The number of rotatable bonds is 7. The smallest absolute Gasteiger partial charge is 0.425 e. The lowest BCUT2D eigenvalue weighted by Crippen LogP contribution is -2.47. The van der Waals surface area contributed by atoms with E-state index >= 15 is 0 Å². The first kappa shape index (κ1) is 24.9. The van der Waals surface area contributed by atoms with E-state index in [4.69, 9.17) is 9.47 Å². The maximum absolute atomic E-state index is 13.2. The number of hydrogen-bond acceptors (Lipinski definition) is 8. The Morgan fingerprint density at radius 3 is 2.46 bits per heavy atom. The summed E-state index contributed by atoms with van der Waals surface area (Å²) in [5.74, 6) is -0.127. The van der Waals surface area contributed by atoms with E-state index in [0.29, 0.717) is 18.9 Å². The molecule has 0 bridgehead atoms. The van der Waals surface area contributed by atoms with Crippen molar-refractivity contribution in [1.82, 2.24) is 25.1 Å². The monoisotopic (exact) mass is 496 g/mol. The van der Waals surface area contributed by atoms with Crippen molar-refractivity contribution in [3.63, 3.8) is 0 Å². The lowest BCUT2D eigenvalue weighted by atomic mass is 10.0. The maximum atomic E-state index is 13.2. The van der Waals surface area contributed by atoms with E-state index < -0.39 is 35.3 Å². The molecule has 0 aromatic carbocycles. The minimum absolute atomic E-state index is 0.0860. The highest BCUT2D eigenvalue weighted by Gasteiger charge is 2.40. The van der Waals surface area contributed by atoms with Gasteiger partial charge in [-0.2, -0.15) is 18.3 Å². The molecule has 0 radical (unpaired) electrons. The number of amides is 1. The van der Waals surface area contributed by atoms with Gasteiger partial charge in [0.25, 0.3) is 11.5 Å². The number of aromatic nitrogens is 4. The van der Waals surface area contributed by atoms with E-state index in [2.05, 4.69) is 20.0 Å². The summed E-state index contributed by atoms with van der Waals surface area (Å²) in [6.07, 6.45) is 0.0108. The molecule has 0 unspecified atom stereocenters. The van der Waals surface area contributed by atoms with Crippen molar-refractivity contribution in [3.05, 3.63) is 40.1 Å². The minimum atomic E-state index is -4.89. The number of ether oxygens (including phenoxy) is 2. The summed E-state index contributed by atoms with van der Waals surface area (Å²) < 4.78 is 50.5. The normalized spacial score (nSPS) is 20.4. The zero-order valence-electron chi connectivity index (χ0n) is 19.4. The number of likely N-dealkylation sites (tertiary alicyclic amines) is 1. The second kappa shape index (κ2) is 10.2. The molecular weight excluding hydrogens is 469 g/mol. The number of halogens is 3. The number of carbonyl (C=O) groups excluding carboxylic acids is 1. The number of H-pyrrole nitrogens is 1. The Labute approximate surface area is 199 Å². The van der Waals surface area contributed by atoms with E-state index in [-0.39, 0.29) is 18.6 Å². The molecule has 2 aliphatic rings. The predicted molar refractivity (Wildman–Crippen MR) is 118 cm³/mol. The Hall–Kier alpha value is -3.22. The zero-order valence-corrected chi connectivity index (χ0v) is 19.4. The molecule has 2 atom stereocenters. The number of aryl methyl sites for hydroxylation is 1. The molecule has 0 aliphatic carbocycles. The van der Waals surface area contributed by atoms with Crippen molar-refractivity contribution in [1.29, 1.82) is 0 Å². The largest absolute Gasteiger partial charge is 0.486 e. The first-order valence-corrected chi connectivity index (χ1v) is 11.4. The van der Waals surface area contributed by atoms with Crippen molar-refractivity contribution in [3.8, 4) is 5.75 Å². The lowest BCUT2D eigenvalue weighted by molar-refractivity contribution is -0.141. The summed E-state index contributed by atoms with van der Waals surface area (Å²) in [5.41, 5.74) is -1.85. The summed E-state index contributed by atoms with van der Waals surface area (Å²) in [7, 11) is 0. The Bertz CT molecular complexity index is 1090. The number of nitrogens with one attached hydrogen (secondary N) is 1. The van der Waals surface area contributed by atoms with Gasteiger partial charge in [0.15, 0.2) is 11.3 Å². The van der Waals surface area contributed by atoms with Crippen LogP contribution in [0.2, 0.25) is 0 Å². The van der Waals surface area contributed by atoms with Crippen LogP contribution in [0.1, 0.15) is 37.3 Å². The molecule has 2 aliphatic heterocycles. The highest BCUT2D eigenvalue weighted by atomic mass is 19.4. The molecule has 190 valence electrons. The molecule has 2 aromatic rings. The quantitative estimate of drug-likeness (QED) is 0.619. The second-order valence-corrected chi connectivity index (χ2v) is 8.79. The van der Waals surface area contributed by atoms with E-state index in [1.54, 1.807) is 17.5 Å². The van der Waals surface area contributed by atoms with Crippen LogP contribution >= 0.6 is 0 Å². The molecule has 1 N–H and O–H groups in total. The number of piperidine rings is 1. The molecule has 35 heavy (non-hydrogen) atoms. The number of aromatic amines is 1. The van der Waals surface area contributed by atoms with Crippen LogP contribution < -0.4 is 15.2 Å². The van der Waals surface area contributed by atoms with E-state index in [9.17, 15) is 22.8 Å². The summed E-state index contributed by atoms with van der Waals surface area (Å²) in [6.45, 7) is 5.35. The Morgan fingerprint density at radius 1 is 1.11 bits per heavy atom. The first-order chi connectivity index (χ1) is 16.6. The molecule has 2 saturated heterocycles. The van der Waals surface area contributed by atoms with Gasteiger partial charge in [-0.1, -0.05) is 0 Å². The number of anilines is 1. The van der Waals surface area contributed by atoms with Crippen LogP contribution in [0.15, 0.2) is 23.4 Å². The van der Waals surface area contributed by atoms with E-state index in [1.807, 2.05) is 11.8 Å². The predicted octanol–water partition coefficient (Wildman–Crippen LogP) is 1.94. The topological polar surface area (TPSA) is 114 Å². The fourth-order valence-electron chi connectivity index (χ4n) is 4.36. The van der Waals surface area contributed by atoms with Gasteiger partial charge in [-0.15, -0.1) is 0 Å². The molecule has 0 spiro atoms. The fraction of sp³-hybridized carbons (Fsp3) is 0.591. The Kier molecular flexibility index (Phi) is 7.24. The average Bonchev–Trinajstić information content (AvgIpc) is 3.18. The second-order valence-electron chi connectivity index (χ2n) is 8.79. The zero-order chi connectivity index (χ0) is 25.2. The van der Waals surface area contributed by atoms with Gasteiger partial charge in [0.2, 0.25) is 5.95 Å². The van der Waals surface area contributed by atoms with Crippen LogP contribution in [-0.2, 0) is 15.7 Å². The minimum Gasteiger partial charge on any atom is -0.486 e. The van der Waals surface area contributed by atoms with Crippen LogP contribution in [0, 0.1) is 6.92 Å². The third-order valence-electron chi connectivity index (χ3n) is 6.11. The highest BCUT2D eigenvalue weighted by molar-refractivity contribution is 5.83. The van der Waals surface area contributed by atoms with Crippen molar-refractivity contribution >= 4 is 11.9 Å². The summed E-state index contributed by atoms with van der Waals surface area (Å²) in [5, 5.41) is 5.13. The van der Waals surface area contributed by atoms with Crippen molar-refractivity contribution in [2.75, 3.05) is 31.1 Å². The van der Waals surface area contributed by atoms with Gasteiger partial charge in [-0.05, 0) is 32.3 Å². The standard InChI is InChI=1S/C22H27F3N6O4/c1-13-9-26-21(27-10-13)30-6-3-15(4-7-30)31-8-5-16(20(31)33)34-12-14(2)35-17-11-28-29-19(32)18(17)22(23,24)25/h9-11,14-16H,3-8,12H2,1-2H3,(H,29,32)/t14-,16+/m0/s1. The lowest BCUT2D eigenvalue weighted by Gasteiger charge is -2.36. The van der Waals surface area contributed by atoms with Gasteiger partial charge in [0.05, 0.1) is 12.8 Å². The van der Waals surface area contributed by atoms with Crippen LogP contribution in [-0.4, -0.2) is 75.5 Å². The highest BCUT2D eigenvalue weighted by Crippen LogP contribution is 2.33. The Morgan fingerprint density at radius 2 is 1.80 bits per heavy atom. The van der Waals surface area contributed by atoms with E-state index in [0.717, 1.165) is 37.7 Å². The molecule has 10 nitrogen and oxygen atoms in total. The summed E-state index contributed by atoms with van der Waals surface area (Å²) in [4.78, 5) is 37.1.